The number of aryl methyl sites for hydroxylation is 1. The quantitative estimate of drug-likeness (QED) is 0.807. The predicted octanol–water partition coefficient (Wildman–Crippen LogP) is 0.918. The summed E-state index contributed by atoms with van der Waals surface area (Å²) in [6.45, 7) is 1.42. The predicted molar refractivity (Wildman–Crippen MR) is 75.2 cm³/mol. The maximum Gasteiger partial charge on any atom is 0.330 e. The average Bonchev–Trinajstić information content (AvgIpc) is 2.96. The van der Waals surface area contributed by atoms with Crippen LogP contribution >= 0.6 is 11.8 Å². The van der Waals surface area contributed by atoms with Crippen molar-refractivity contribution in [1.82, 2.24) is 9.88 Å². The summed E-state index contributed by atoms with van der Waals surface area (Å²) >= 11 is 1.50. The Balaban J connectivity index is 2.23. The molecule has 108 valence electrons. The van der Waals surface area contributed by atoms with Crippen LogP contribution in [-0.4, -0.2) is 44.4 Å². The number of amides is 1. The van der Waals surface area contributed by atoms with Crippen molar-refractivity contribution in [2.45, 2.75) is 18.9 Å². The first-order valence-electron chi connectivity index (χ1n) is 6.17. The molecule has 1 unspecified atom stereocenters. The first-order chi connectivity index (χ1) is 9.35. The molecular formula is C13H16N2O4S. The van der Waals surface area contributed by atoms with Crippen LogP contribution in [0.25, 0.3) is 0 Å². The number of carboxylic acids is 1. The molecule has 6 nitrogen and oxygen atoms in total. The molecule has 2 heterocycles. The van der Waals surface area contributed by atoms with E-state index < -0.39 is 17.4 Å². The summed E-state index contributed by atoms with van der Waals surface area (Å²) in [5.74, 6) is -0.554. The largest absolute Gasteiger partial charge is 0.479 e. The zero-order chi connectivity index (χ0) is 14.9. The molecule has 0 bridgehead atoms. The first kappa shape index (κ1) is 14.6. The number of nitrogens with one attached hydrogen (secondary N) is 1. The van der Waals surface area contributed by atoms with Crippen molar-refractivity contribution in [3.05, 3.63) is 23.5 Å². The van der Waals surface area contributed by atoms with Gasteiger partial charge in [0, 0.05) is 24.6 Å². The van der Waals surface area contributed by atoms with E-state index in [0.717, 1.165) is 0 Å². The van der Waals surface area contributed by atoms with Gasteiger partial charge in [-0.15, -0.1) is 0 Å². The fraction of sp³-hybridized carbons (Fsp3) is 0.462. The van der Waals surface area contributed by atoms with Gasteiger partial charge in [-0.1, -0.05) is 0 Å². The molecular weight excluding hydrogens is 280 g/mol. The van der Waals surface area contributed by atoms with Gasteiger partial charge in [-0.05, 0) is 25.2 Å². The van der Waals surface area contributed by atoms with E-state index in [4.69, 9.17) is 0 Å². The Hall–Kier alpha value is -1.76. The molecule has 1 aromatic rings. The van der Waals surface area contributed by atoms with E-state index in [1.807, 2.05) is 0 Å². The van der Waals surface area contributed by atoms with Gasteiger partial charge in [0.05, 0.1) is 0 Å². The minimum atomic E-state index is -1.21. The smallest absolute Gasteiger partial charge is 0.330 e. The lowest BCUT2D eigenvalue weighted by Gasteiger charge is -2.24. The van der Waals surface area contributed by atoms with E-state index in [9.17, 15) is 19.5 Å². The van der Waals surface area contributed by atoms with Crippen molar-refractivity contribution in [2.75, 3.05) is 11.5 Å². The molecule has 1 aromatic heterocycles. The number of carbonyl (C=O) groups excluding carboxylic acids is 2. The number of hydrogen-bond donors (Lipinski definition) is 2. The summed E-state index contributed by atoms with van der Waals surface area (Å²) in [6.07, 6.45) is 1.97. The summed E-state index contributed by atoms with van der Waals surface area (Å²) in [5.41, 5.74) is -0.488. The maximum absolute atomic E-state index is 12.3. The van der Waals surface area contributed by atoms with Gasteiger partial charge in [-0.3, -0.25) is 9.59 Å². The number of Topliss-reactive ketones (excluding diaryl/α,β-unsaturated/α-hetero) is 1. The van der Waals surface area contributed by atoms with Gasteiger partial charge in [-0.2, -0.15) is 11.8 Å². The number of aliphatic carboxylic acids is 1. The van der Waals surface area contributed by atoms with Crippen molar-refractivity contribution < 1.29 is 19.5 Å². The highest BCUT2D eigenvalue weighted by molar-refractivity contribution is 7.99. The Morgan fingerprint density at radius 3 is 2.60 bits per heavy atom. The molecule has 1 aliphatic heterocycles. The van der Waals surface area contributed by atoms with E-state index in [-0.39, 0.29) is 11.5 Å². The van der Waals surface area contributed by atoms with Crippen molar-refractivity contribution in [3.63, 3.8) is 0 Å². The number of aromatic nitrogens is 1. The van der Waals surface area contributed by atoms with Crippen LogP contribution in [0.3, 0.4) is 0 Å². The van der Waals surface area contributed by atoms with Crippen LogP contribution in [0.5, 0.6) is 0 Å². The second kappa shape index (κ2) is 5.32. The lowest BCUT2D eigenvalue weighted by Crippen LogP contribution is -2.55. The number of ketones is 1. The number of carbonyl (C=O) groups is 3. The Bertz CT molecular complexity index is 573. The molecule has 20 heavy (non-hydrogen) atoms. The Kier molecular flexibility index (Phi) is 3.89. The fourth-order valence-corrected chi connectivity index (χ4v) is 3.48. The Morgan fingerprint density at radius 1 is 1.45 bits per heavy atom. The lowest BCUT2D eigenvalue weighted by molar-refractivity contribution is -0.143. The molecule has 1 fully saturated rings. The minimum absolute atomic E-state index is 0.135. The normalized spacial score (nSPS) is 21.7. The van der Waals surface area contributed by atoms with Gasteiger partial charge < -0.3 is 15.0 Å². The molecule has 0 aliphatic carbocycles. The molecule has 0 radical (unpaired) electrons. The summed E-state index contributed by atoms with van der Waals surface area (Å²) in [5, 5.41) is 11.9. The summed E-state index contributed by atoms with van der Waals surface area (Å²) < 4.78 is 1.53. The average molecular weight is 296 g/mol. The van der Waals surface area contributed by atoms with Gasteiger partial charge in [0.2, 0.25) is 0 Å². The van der Waals surface area contributed by atoms with Crippen LogP contribution in [0.1, 0.15) is 34.2 Å². The molecule has 1 amide bonds. The number of carboxylic acid groups (broad SMARTS) is 1. The van der Waals surface area contributed by atoms with Crippen LogP contribution in [0.15, 0.2) is 12.3 Å². The molecule has 0 aromatic carbocycles. The number of nitrogens with zero attached hydrogens (tertiary/aromatic N) is 1. The first-order valence-corrected chi connectivity index (χ1v) is 7.32. The Morgan fingerprint density at radius 2 is 2.15 bits per heavy atom. The second-order valence-corrected chi connectivity index (χ2v) is 6.03. The third-order valence-corrected chi connectivity index (χ3v) is 4.62. The van der Waals surface area contributed by atoms with Crippen LogP contribution in [0.2, 0.25) is 0 Å². The van der Waals surface area contributed by atoms with E-state index >= 15 is 0 Å². The SMILES string of the molecule is CC(=O)c1cc(C(=O)NC2(C(=O)O)CCSC2)n(C)c1. The van der Waals surface area contributed by atoms with Gasteiger partial charge in [0.15, 0.2) is 5.78 Å². The third-order valence-electron chi connectivity index (χ3n) is 3.43. The van der Waals surface area contributed by atoms with E-state index in [1.54, 1.807) is 13.2 Å². The zero-order valence-electron chi connectivity index (χ0n) is 11.3. The number of rotatable bonds is 4. The van der Waals surface area contributed by atoms with E-state index in [1.165, 1.54) is 29.3 Å². The highest BCUT2D eigenvalue weighted by Crippen LogP contribution is 2.28. The van der Waals surface area contributed by atoms with E-state index in [2.05, 4.69) is 5.32 Å². The van der Waals surface area contributed by atoms with Crippen LogP contribution in [0, 0.1) is 0 Å². The highest BCUT2D eigenvalue weighted by atomic mass is 32.2. The van der Waals surface area contributed by atoms with Crippen molar-refractivity contribution in [2.24, 2.45) is 7.05 Å². The molecule has 1 saturated heterocycles. The number of thioether (sulfide) groups is 1. The van der Waals surface area contributed by atoms with Gasteiger partial charge in [-0.25, -0.2) is 4.79 Å². The molecule has 2 N–H and O–H groups in total. The molecule has 2 rings (SSSR count). The molecule has 7 heteroatoms. The summed E-state index contributed by atoms with van der Waals surface area (Å²) in [6, 6.07) is 1.48. The molecule has 1 atom stereocenters. The van der Waals surface area contributed by atoms with E-state index in [0.29, 0.717) is 23.5 Å². The van der Waals surface area contributed by atoms with Crippen LogP contribution in [-0.2, 0) is 11.8 Å². The molecule has 1 aliphatic rings. The monoisotopic (exact) mass is 296 g/mol. The molecule has 0 saturated carbocycles. The zero-order valence-corrected chi connectivity index (χ0v) is 12.1. The van der Waals surface area contributed by atoms with Crippen molar-refractivity contribution >= 4 is 29.4 Å². The van der Waals surface area contributed by atoms with Crippen LogP contribution < -0.4 is 5.32 Å². The summed E-state index contributed by atoms with van der Waals surface area (Å²) in [7, 11) is 1.65. The third kappa shape index (κ3) is 2.58. The van der Waals surface area contributed by atoms with Crippen molar-refractivity contribution in [3.8, 4) is 0 Å². The highest BCUT2D eigenvalue weighted by Gasteiger charge is 2.43. The lowest BCUT2D eigenvalue weighted by atomic mass is 9.99. The van der Waals surface area contributed by atoms with Gasteiger partial charge >= 0.3 is 5.97 Å². The summed E-state index contributed by atoms with van der Waals surface area (Å²) in [4.78, 5) is 35.0. The van der Waals surface area contributed by atoms with Crippen molar-refractivity contribution in [1.29, 1.82) is 0 Å². The van der Waals surface area contributed by atoms with Gasteiger partial charge in [0.25, 0.3) is 5.91 Å². The maximum atomic E-state index is 12.3. The Labute approximate surface area is 120 Å². The van der Waals surface area contributed by atoms with Crippen LogP contribution in [0.4, 0.5) is 0 Å². The second-order valence-electron chi connectivity index (χ2n) is 4.93. The molecule has 0 spiro atoms. The minimum Gasteiger partial charge on any atom is -0.479 e. The number of hydrogen-bond acceptors (Lipinski definition) is 4. The van der Waals surface area contributed by atoms with Gasteiger partial charge in [0.1, 0.15) is 11.2 Å². The fourth-order valence-electron chi connectivity index (χ4n) is 2.15. The topological polar surface area (TPSA) is 88.4 Å². The standard InChI is InChI=1S/C13H16N2O4S/c1-8(16)9-5-10(15(2)6-9)11(17)14-13(12(18)19)3-4-20-7-13/h5-6H,3-4,7H2,1-2H3,(H,14,17)(H,18,19).